The molecule has 0 spiro atoms. The van der Waals surface area contributed by atoms with Crippen LogP contribution in [0.2, 0.25) is 0 Å². The Balaban J connectivity index is 3.54. The molecule has 1 N–H and O–H groups in total. The monoisotopic (exact) mass is 154 g/mol. The van der Waals surface area contributed by atoms with Gasteiger partial charge in [-0.3, -0.25) is 4.79 Å². The predicted molar refractivity (Wildman–Crippen MR) is 46.2 cm³/mol. The van der Waals surface area contributed by atoms with E-state index in [4.69, 9.17) is 5.73 Å². The molecule has 2 heteroatoms. The maximum absolute atomic E-state index is 11.0. The van der Waals surface area contributed by atoms with Crippen LogP contribution in [0.3, 0.4) is 0 Å². The second-order valence-electron chi connectivity index (χ2n) is 2.65. The summed E-state index contributed by atoms with van der Waals surface area (Å²) >= 11 is 0. The summed E-state index contributed by atoms with van der Waals surface area (Å²) in [7, 11) is 0. The van der Waals surface area contributed by atoms with Crippen LogP contribution >= 0.6 is 0 Å². The van der Waals surface area contributed by atoms with Crippen molar-refractivity contribution in [2.75, 3.05) is 0 Å². The Morgan fingerprint density at radius 2 is 2.36 bits per heavy atom. The molecule has 1 radical (unpaired) electrons. The van der Waals surface area contributed by atoms with E-state index in [1.165, 1.54) is 0 Å². The Labute approximate surface area is 68.5 Å². The third-order valence-electron chi connectivity index (χ3n) is 1.58. The molecule has 2 nitrogen and oxygen atoms in total. The van der Waals surface area contributed by atoms with Crippen molar-refractivity contribution in [2.24, 2.45) is 0 Å². The van der Waals surface area contributed by atoms with Crippen LogP contribution in [0.1, 0.15) is 32.6 Å². The summed E-state index contributed by atoms with van der Waals surface area (Å²) in [5, 5.41) is 0. The van der Waals surface area contributed by atoms with Crippen molar-refractivity contribution in [1.29, 1.82) is 0 Å². The molecule has 0 aliphatic rings. The lowest BCUT2D eigenvalue weighted by Crippen LogP contribution is -2.20. The smallest absolute Gasteiger partial charge is 0.154 e. The van der Waals surface area contributed by atoms with E-state index >= 15 is 0 Å². The SMILES string of the molecule is C=CCC(=O)C([NH])CCCC. The van der Waals surface area contributed by atoms with Gasteiger partial charge in [-0.25, -0.2) is 5.73 Å². The summed E-state index contributed by atoms with van der Waals surface area (Å²) in [6, 6.07) is -0.520. The van der Waals surface area contributed by atoms with Crippen molar-refractivity contribution in [3.63, 3.8) is 0 Å². The number of hydrogen-bond donors (Lipinski definition) is 0. The Bertz CT molecular complexity index is 132. The van der Waals surface area contributed by atoms with E-state index < -0.39 is 6.04 Å². The summed E-state index contributed by atoms with van der Waals surface area (Å²) in [4.78, 5) is 11.0. The van der Waals surface area contributed by atoms with E-state index in [1.54, 1.807) is 6.08 Å². The predicted octanol–water partition coefficient (Wildman–Crippen LogP) is 1.97. The molecule has 0 saturated heterocycles. The first-order valence-corrected chi connectivity index (χ1v) is 4.07. The van der Waals surface area contributed by atoms with E-state index in [0.717, 1.165) is 12.8 Å². The zero-order chi connectivity index (χ0) is 8.69. The first-order valence-electron chi connectivity index (χ1n) is 4.07. The minimum absolute atomic E-state index is 0.00606. The average Bonchev–Trinajstić information content (AvgIpc) is 2.00. The number of hydrogen-bond acceptors (Lipinski definition) is 1. The molecule has 11 heavy (non-hydrogen) atoms. The van der Waals surface area contributed by atoms with Crippen molar-refractivity contribution < 1.29 is 4.79 Å². The van der Waals surface area contributed by atoms with Gasteiger partial charge in [0, 0.05) is 6.42 Å². The third-order valence-corrected chi connectivity index (χ3v) is 1.58. The molecule has 0 aliphatic carbocycles. The van der Waals surface area contributed by atoms with E-state index in [2.05, 4.69) is 13.5 Å². The molecule has 63 valence electrons. The number of unbranched alkanes of at least 4 members (excludes halogenated alkanes) is 1. The summed E-state index contributed by atoms with van der Waals surface area (Å²) < 4.78 is 0. The molecule has 0 aromatic heterocycles. The zero-order valence-corrected chi connectivity index (χ0v) is 7.10. The van der Waals surface area contributed by atoms with Crippen LogP contribution in [0, 0.1) is 0 Å². The maximum Gasteiger partial charge on any atom is 0.154 e. The largest absolute Gasteiger partial charge is 0.298 e. The van der Waals surface area contributed by atoms with Crippen LogP contribution in [-0.4, -0.2) is 11.8 Å². The van der Waals surface area contributed by atoms with Gasteiger partial charge in [-0.2, -0.15) is 0 Å². The molecule has 0 aromatic rings. The fraction of sp³-hybridized carbons (Fsp3) is 0.667. The second kappa shape index (κ2) is 6.10. The van der Waals surface area contributed by atoms with E-state index in [0.29, 0.717) is 12.8 Å². The number of carbonyl (C=O) groups is 1. The molecular weight excluding hydrogens is 138 g/mol. The minimum Gasteiger partial charge on any atom is -0.298 e. The van der Waals surface area contributed by atoms with Crippen molar-refractivity contribution in [2.45, 2.75) is 38.6 Å². The minimum atomic E-state index is -0.520. The highest BCUT2D eigenvalue weighted by molar-refractivity contribution is 5.84. The lowest BCUT2D eigenvalue weighted by Gasteiger charge is -2.05. The Hall–Kier alpha value is -0.630. The van der Waals surface area contributed by atoms with Gasteiger partial charge in [-0.05, 0) is 6.42 Å². The quantitative estimate of drug-likeness (QED) is 0.539. The van der Waals surface area contributed by atoms with Gasteiger partial charge in [-0.15, -0.1) is 6.58 Å². The number of nitrogens with one attached hydrogen (secondary N) is 1. The first-order chi connectivity index (χ1) is 5.22. The third kappa shape index (κ3) is 4.73. The molecule has 0 rings (SSSR count). The van der Waals surface area contributed by atoms with Crippen LogP contribution in [0.25, 0.3) is 0 Å². The molecule has 1 unspecified atom stereocenters. The van der Waals surface area contributed by atoms with E-state index in [9.17, 15) is 4.79 Å². The first kappa shape index (κ1) is 10.4. The Kier molecular flexibility index (Phi) is 5.75. The number of allylic oxidation sites excluding steroid dienone is 1. The Morgan fingerprint density at radius 1 is 1.73 bits per heavy atom. The standard InChI is InChI=1S/C9H16NO/c1-3-5-7-8(10)9(11)6-4-2/h4,8,10H,2-3,5-7H2,1H3. The summed E-state index contributed by atoms with van der Waals surface area (Å²) in [5.74, 6) is -0.00606. The number of ketones is 1. The summed E-state index contributed by atoms with van der Waals surface area (Å²) in [6.07, 6.45) is 4.63. The van der Waals surface area contributed by atoms with Crippen LogP contribution in [-0.2, 0) is 4.79 Å². The lowest BCUT2D eigenvalue weighted by molar-refractivity contribution is -0.119. The zero-order valence-electron chi connectivity index (χ0n) is 7.10. The highest BCUT2D eigenvalue weighted by atomic mass is 16.1. The van der Waals surface area contributed by atoms with E-state index in [1.807, 2.05) is 0 Å². The molecule has 0 amide bonds. The van der Waals surface area contributed by atoms with Crippen molar-refractivity contribution >= 4 is 5.78 Å². The highest BCUT2D eigenvalue weighted by Gasteiger charge is 2.10. The van der Waals surface area contributed by atoms with Crippen LogP contribution in [0.15, 0.2) is 12.7 Å². The number of carbonyl (C=O) groups excluding carboxylic acids is 1. The fourth-order valence-corrected chi connectivity index (χ4v) is 0.854. The lowest BCUT2D eigenvalue weighted by atomic mass is 10.0. The van der Waals surface area contributed by atoms with Crippen LogP contribution < -0.4 is 5.73 Å². The molecule has 1 atom stereocenters. The van der Waals surface area contributed by atoms with Crippen molar-refractivity contribution in [1.82, 2.24) is 5.73 Å². The molecule has 0 aliphatic heterocycles. The number of rotatable bonds is 6. The van der Waals surface area contributed by atoms with Crippen LogP contribution in [0.5, 0.6) is 0 Å². The summed E-state index contributed by atoms with van der Waals surface area (Å²) in [5.41, 5.74) is 7.39. The van der Waals surface area contributed by atoms with Gasteiger partial charge in [-0.1, -0.05) is 25.8 Å². The molecular formula is C9H16NO. The van der Waals surface area contributed by atoms with Crippen molar-refractivity contribution in [3.8, 4) is 0 Å². The van der Waals surface area contributed by atoms with E-state index in [-0.39, 0.29) is 5.78 Å². The average molecular weight is 154 g/mol. The highest BCUT2D eigenvalue weighted by Crippen LogP contribution is 2.02. The Morgan fingerprint density at radius 3 is 2.82 bits per heavy atom. The fourth-order valence-electron chi connectivity index (χ4n) is 0.854. The van der Waals surface area contributed by atoms with Gasteiger partial charge in [0.1, 0.15) is 0 Å². The second-order valence-corrected chi connectivity index (χ2v) is 2.65. The van der Waals surface area contributed by atoms with Crippen molar-refractivity contribution in [3.05, 3.63) is 12.7 Å². The molecule has 0 fully saturated rings. The van der Waals surface area contributed by atoms with Gasteiger partial charge in [0.15, 0.2) is 5.78 Å². The molecule has 0 heterocycles. The van der Waals surface area contributed by atoms with Gasteiger partial charge >= 0.3 is 0 Å². The normalized spacial score (nSPS) is 12.5. The topological polar surface area (TPSA) is 40.9 Å². The summed E-state index contributed by atoms with van der Waals surface area (Å²) in [6.45, 7) is 5.52. The van der Waals surface area contributed by atoms with Gasteiger partial charge in [0.25, 0.3) is 0 Å². The molecule has 0 saturated carbocycles. The molecule has 0 bridgehead atoms. The molecule has 0 aromatic carbocycles. The van der Waals surface area contributed by atoms with Gasteiger partial charge < -0.3 is 0 Å². The maximum atomic E-state index is 11.0. The van der Waals surface area contributed by atoms with Crippen LogP contribution in [0.4, 0.5) is 0 Å². The van der Waals surface area contributed by atoms with Gasteiger partial charge in [0.2, 0.25) is 0 Å². The van der Waals surface area contributed by atoms with Gasteiger partial charge in [0.05, 0.1) is 6.04 Å². The number of Topliss-reactive ketones (excluding diaryl/α,β-unsaturated/α-hetero) is 1.